The number of nitrogens with zero attached hydrogens (tertiary/aromatic N) is 2. The van der Waals surface area contributed by atoms with E-state index in [0.29, 0.717) is 67.0 Å². The topological polar surface area (TPSA) is 97.8 Å². The Labute approximate surface area is 222 Å². The lowest BCUT2D eigenvalue weighted by molar-refractivity contribution is -0.140. The van der Waals surface area contributed by atoms with Crippen LogP contribution in [0.4, 0.5) is 0 Å². The molecular formula is C29H34N2O7. The number of ketones is 1. The number of fused-ring (bicyclic) bond motifs is 1. The molecular weight excluding hydrogens is 488 g/mol. The smallest absolute Gasteiger partial charge is 0.295 e. The standard InChI is InChI=1S/C29H34N2O7/c1-3-14-36-21-8-6-19(17-23(21)35-2)26-25(27(32)20-7-9-22-24(18-20)38-16-15-37-22)28(33)29(34)31(26)13-12-30-10-4-5-11-30/h6-9,17-18,26,32H,3-5,10-16H2,1-2H3/b27-25+. The minimum atomic E-state index is -0.778. The van der Waals surface area contributed by atoms with Crippen LogP contribution in [0.25, 0.3) is 5.76 Å². The van der Waals surface area contributed by atoms with E-state index >= 15 is 0 Å². The average Bonchev–Trinajstić information content (AvgIpc) is 3.56. The monoisotopic (exact) mass is 522 g/mol. The third-order valence-electron chi connectivity index (χ3n) is 7.18. The van der Waals surface area contributed by atoms with E-state index in [1.807, 2.05) is 13.0 Å². The van der Waals surface area contributed by atoms with Gasteiger partial charge in [0, 0.05) is 18.7 Å². The quantitative estimate of drug-likeness (QED) is 0.302. The van der Waals surface area contributed by atoms with Gasteiger partial charge in [0.15, 0.2) is 23.0 Å². The van der Waals surface area contributed by atoms with Gasteiger partial charge in [-0.3, -0.25) is 9.59 Å². The molecule has 2 aromatic rings. The van der Waals surface area contributed by atoms with Crippen LogP contribution in [-0.4, -0.2) is 79.7 Å². The number of carbonyl (C=O) groups excluding carboxylic acids is 2. The normalized spacial score (nSPS) is 20.7. The van der Waals surface area contributed by atoms with Crippen molar-refractivity contribution in [2.75, 3.05) is 53.1 Å². The van der Waals surface area contributed by atoms with Gasteiger partial charge in [-0.2, -0.15) is 0 Å². The SMILES string of the molecule is CCCOc1ccc(C2/C(=C(\O)c3ccc4c(c3)OCCO4)C(=O)C(=O)N2CCN2CCCC2)cc1OC. The van der Waals surface area contributed by atoms with Crippen molar-refractivity contribution in [2.24, 2.45) is 0 Å². The predicted molar refractivity (Wildman–Crippen MR) is 141 cm³/mol. The summed E-state index contributed by atoms with van der Waals surface area (Å²) < 4.78 is 22.7. The first kappa shape index (κ1) is 25.9. The molecule has 3 aliphatic rings. The highest BCUT2D eigenvalue weighted by atomic mass is 16.6. The Bertz CT molecular complexity index is 1240. The number of hydrogen-bond donors (Lipinski definition) is 1. The number of Topliss-reactive ketones (excluding diaryl/α,β-unsaturated/α-hetero) is 1. The summed E-state index contributed by atoms with van der Waals surface area (Å²) in [5.41, 5.74) is 1.08. The number of methoxy groups -OCH3 is 1. The van der Waals surface area contributed by atoms with Crippen molar-refractivity contribution in [2.45, 2.75) is 32.2 Å². The number of ether oxygens (including phenoxy) is 4. The first-order valence-corrected chi connectivity index (χ1v) is 13.2. The van der Waals surface area contributed by atoms with Crippen molar-refractivity contribution >= 4 is 17.4 Å². The molecule has 0 saturated carbocycles. The van der Waals surface area contributed by atoms with Crippen molar-refractivity contribution in [3.63, 3.8) is 0 Å². The van der Waals surface area contributed by atoms with Gasteiger partial charge < -0.3 is 33.9 Å². The average molecular weight is 523 g/mol. The molecule has 3 heterocycles. The van der Waals surface area contributed by atoms with Gasteiger partial charge in [-0.25, -0.2) is 0 Å². The molecule has 2 saturated heterocycles. The van der Waals surface area contributed by atoms with Crippen LogP contribution in [0.15, 0.2) is 42.0 Å². The Kier molecular flexibility index (Phi) is 7.74. The van der Waals surface area contributed by atoms with Gasteiger partial charge in [0.1, 0.15) is 19.0 Å². The number of rotatable bonds is 9. The summed E-state index contributed by atoms with van der Waals surface area (Å²) in [4.78, 5) is 30.6. The molecule has 2 aromatic carbocycles. The van der Waals surface area contributed by atoms with Crippen molar-refractivity contribution in [1.82, 2.24) is 9.80 Å². The summed E-state index contributed by atoms with van der Waals surface area (Å²) in [7, 11) is 1.55. The first-order chi connectivity index (χ1) is 18.5. The van der Waals surface area contributed by atoms with Gasteiger partial charge in [0.2, 0.25) is 0 Å². The third-order valence-corrected chi connectivity index (χ3v) is 7.18. The van der Waals surface area contributed by atoms with E-state index in [4.69, 9.17) is 18.9 Å². The summed E-state index contributed by atoms with van der Waals surface area (Å²) in [5, 5.41) is 11.5. The van der Waals surface area contributed by atoms with E-state index < -0.39 is 17.7 Å². The first-order valence-electron chi connectivity index (χ1n) is 13.2. The van der Waals surface area contributed by atoms with Crippen molar-refractivity contribution in [1.29, 1.82) is 0 Å². The second-order valence-electron chi connectivity index (χ2n) is 9.66. The molecule has 0 spiro atoms. The summed E-state index contributed by atoms with van der Waals surface area (Å²) in [6.07, 6.45) is 3.10. The number of carbonyl (C=O) groups is 2. The van der Waals surface area contributed by atoms with Gasteiger partial charge in [0.05, 0.1) is 25.3 Å². The molecule has 2 fully saturated rings. The minimum Gasteiger partial charge on any atom is -0.507 e. The highest BCUT2D eigenvalue weighted by Crippen LogP contribution is 2.43. The van der Waals surface area contributed by atoms with Crippen LogP contribution >= 0.6 is 0 Å². The van der Waals surface area contributed by atoms with Gasteiger partial charge in [0.25, 0.3) is 11.7 Å². The molecule has 5 rings (SSSR count). The Morgan fingerprint density at radius 1 is 1.00 bits per heavy atom. The molecule has 0 radical (unpaired) electrons. The molecule has 38 heavy (non-hydrogen) atoms. The third kappa shape index (κ3) is 5.03. The number of benzene rings is 2. The second-order valence-corrected chi connectivity index (χ2v) is 9.66. The molecule has 1 atom stereocenters. The lowest BCUT2D eigenvalue weighted by atomic mass is 9.94. The molecule has 1 unspecified atom stereocenters. The van der Waals surface area contributed by atoms with E-state index in [1.54, 1.807) is 42.3 Å². The zero-order valence-electron chi connectivity index (χ0n) is 21.9. The Morgan fingerprint density at radius 2 is 1.76 bits per heavy atom. The van der Waals surface area contributed by atoms with Crippen molar-refractivity contribution in [3.05, 3.63) is 53.1 Å². The summed E-state index contributed by atoms with van der Waals surface area (Å²) in [5.74, 6) is 0.549. The van der Waals surface area contributed by atoms with Crippen LogP contribution in [0.2, 0.25) is 0 Å². The zero-order valence-corrected chi connectivity index (χ0v) is 21.9. The molecule has 1 amide bonds. The zero-order chi connectivity index (χ0) is 26.6. The molecule has 0 bridgehead atoms. The molecule has 202 valence electrons. The summed E-state index contributed by atoms with van der Waals surface area (Å²) >= 11 is 0. The van der Waals surface area contributed by atoms with Crippen LogP contribution in [0.5, 0.6) is 23.0 Å². The van der Waals surface area contributed by atoms with E-state index in [2.05, 4.69) is 4.90 Å². The van der Waals surface area contributed by atoms with Gasteiger partial charge in [-0.05, 0) is 68.2 Å². The van der Waals surface area contributed by atoms with Crippen LogP contribution in [0.1, 0.15) is 43.4 Å². The Balaban J connectivity index is 1.57. The highest BCUT2D eigenvalue weighted by Gasteiger charge is 2.46. The maximum absolute atomic E-state index is 13.4. The Morgan fingerprint density at radius 3 is 2.50 bits per heavy atom. The fourth-order valence-electron chi connectivity index (χ4n) is 5.24. The van der Waals surface area contributed by atoms with Crippen molar-refractivity contribution < 1.29 is 33.6 Å². The van der Waals surface area contributed by atoms with Crippen LogP contribution < -0.4 is 18.9 Å². The Hall–Kier alpha value is -3.72. The lowest BCUT2D eigenvalue weighted by Crippen LogP contribution is -2.37. The van der Waals surface area contributed by atoms with Gasteiger partial charge >= 0.3 is 0 Å². The number of aliphatic hydroxyl groups excluding tert-OH is 1. The molecule has 1 N–H and O–H groups in total. The number of amides is 1. The van der Waals surface area contributed by atoms with Crippen LogP contribution in [-0.2, 0) is 9.59 Å². The fourth-order valence-corrected chi connectivity index (χ4v) is 5.24. The molecule has 9 heteroatoms. The van der Waals surface area contributed by atoms with E-state index in [-0.39, 0.29) is 11.3 Å². The maximum Gasteiger partial charge on any atom is 0.295 e. The van der Waals surface area contributed by atoms with Crippen molar-refractivity contribution in [3.8, 4) is 23.0 Å². The lowest BCUT2D eigenvalue weighted by Gasteiger charge is -2.28. The minimum absolute atomic E-state index is 0.0392. The van der Waals surface area contributed by atoms with Gasteiger partial charge in [-0.15, -0.1) is 0 Å². The largest absolute Gasteiger partial charge is 0.507 e. The van der Waals surface area contributed by atoms with E-state index in [0.717, 1.165) is 32.4 Å². The second kappa shape index (κ2) is 11.3. The summed E-state index contributed by atoms with van der Waals surface area (Å²) in [6.45, 7) is 6.36. The molecule has 0 aliphatic carbocycles. The molecule has 9 nitrogen and oxygen atoms in total. The van der Waals surface area contributed by atoms with E-state index in [1.165, 1.54) is 0 Å². The number of likely N-dealkylation sites (tertiary alicyclic amines) is 2. The predicted octanol–water partition coefficient (Wildman–Crippen LogP) is 3.77. The van der Waals surface area contributed by atoms with Crippen LogP contribution in [0, 0.1) is 0 Å². The van der Waals surface area contributed by atoms with Gasteiger partial charge in [-0.1, -0.05) is 13.0 Å². The fraction of sp³-hybridized carbons (Fsp3) is 0.448. The van der Waals surface area contributed by atoms with Crippen LogP contribution in [0.3, 0.4) is 0 Å². The highest BCUT2D eigenvalue weighted by molar-refractivity contribution is 6.46. The maximum atomic E-state index is 13.4. The summed E-state index contributed by atoms with van der Waals surface area (Å²) in [6, 6.07) is 9.62. The molecule has 0 aromatic heterocycles. The molecule has 3 aliphatic heterocycles. The number of aliphatic hydroxyl groups is 1. The number of hydrogen-bond acceptors (Lipinski definition) is 8. The van der Waals surface area contributed by atoms with E-state index in [9.17, 15) is 14.7 Å².